The van der Waals surface area contributed by atoms with Crippen molar-refractivity contribution in [3.8, 4) is 5.75 Å². The Morgan fingerprint density at radius 2 is 1.29 bits per heavy atom. The lowest BCUT2D eigenvalue weighted by Gasteiger charge is -2.10. The number of halogens is 6. The molecular formula is C9H9BrF5NO. The summed E-state index contributed by atoms with van der Waals surface area (Å²) in [5.41, 5.74) is 3.44. The molecule has 0 aromatic heterocycles. The lowest BCUT2D eigenvalue weighted by atomic mass is 10.2. The van der Waals surface area contributed by atoms with Crippen molar-refractivity contribution in [3.05, 3.63) is 29.1 Å². The highest BCUT2D eigenvalue weighted by molar-refractivity contribution is 5.29. The van der Waals surface area contributed by atoms with Crippen molar-refractivity contribution in [1.82, 2.24) is 0 Å². The summed E-state index contributed by atoms with van der Waals surface area (Å²) in [5.74, 6) is -11.5. The summed E-state index contributed by atoms with van der Waals surface area (Å²) < 4.78 is 68.4. The van der Waals surface area contributed by atoms with E-state index in [0.29, 0.717) is 0 Å². The van der Waals surface area contributed by atoms with Gasteiger partial charge in [0, 0.05) is 0 Å². The lowest BCUT2D eigenvalue weighted by Crippen LogP contribution is -3.00. The molecule has 1 aromatic rings. The zero-order chi connectivity index (χ0) is 12.5. The van der Waals surface area contributed by atoms with E-state index in [9.17, 15) is 22.0 Å². The third kappa shape index (κ3) is 3.29. The first-order valence-corrected chi connectivity index (χ1v) is 4.33. The number of ether oxygens (including phenoxy) is 1. The molecule has 1 rings (SSSR count). The molecule has 0 heterocycles. The topological polar surface area (TPSA) is 36.9 Å². The Labute approximate surface area is 104 Å². The number of benzene rings is 1. The van der Waals surface area contributed by atoms with Crippen LogP contribution < -0.4 is 27.5 Å². The third-order valence-corrected chi connectivity index (χ3v) is 1.68. The number of hydrogen-bond acceptors (Lipinski definition) is 1. The zero-order valence-corrected chi connectivity index (χ0v) is 10.3. The van der Waals surface area contributed by atoms with E-state index in [1.54, 1.807) is 6.92 Å². The van der Waals surface area contributed by atoms with Gasteiger partial charge in [-0.1, -0.05) is 0 Å². The van der Waals surface area contributed by atoms with Gasteiger partial charge < -0.3 is 27.5 Å². The van der Waals surface area contributed by atoms with Crippen LogP contribution in [0.2, 0.25) is 0 Å². The van der Waals surface area contributed by atoms with Gasteiger partial charge in [0.1, 0.15) is 12.6 Å². The van der Waals surface area contributed by atoms with Crippen molar-refractivity contribution < 1.29 is 49.4 Å². The Morgan fingerprint density at radius 1 is 0.941 bits per heavy atom. The van der Waals surface area contributed by atoms with E-state index in [-0.39, 0.29) is 29.6 Å². The van der Waals surface area contributed by atoms with E-state index in [1.807, 2.05) is 0 Å². The first-order chi connectivity index (χ1) is 7.36. The second-order valence-corrected chi connectivity index (χ2v) is 3.32. The van der Waals surface area contributed by atoms with Crippen LogP contribution in [0.1, 0.15) is 6.92 Å². The summed E-state index contributed by atoms with van der Waals surface area (Å²) in [7, 11) is 0. The molecular weight excluding hydrogens is 313 g/mol. The largest absolute Gasteiger partial charge is 1.00 e. The standard InChI is InChI=1S/C9H8F5NO.BrH/c1-3(15)2-16-9-7(13)5(11)4(10)6(12)8(9)14;/h3H,2,15H2,1H3;1H. The van der Waals surface area contributed by atoms with Crippen molar-refractivity contribution in [1.29, 1.82) is 0 Å². The molecule has 0 aliphatic heterocycles. The monoisotopic (exact) mass is 321 g/mol. The Bertz CT molecular complexity index is 384. The van der Waals surface area contributed by atoms with Crippen molar-refractivity contribution >= 4 is 0 Å². The molecule has 1 unspecified atom stereocenters. The van der Waals surface area contributed by atoms with Crippen LogP contribution >= 0.6 is 0 Å². The van der Waals surface area contributed by atoms with Gasteiger partial charge in [-0.15, -0.1) is 0 Å². The smallest absolute Gasteiger partial charge is 0.206 e. The maximum Gasteiger partial charge on any atom is 0.206 e. The van der Waals surface area contributed by atoms with Crippen LogP contribution in [0.15, 0.2) is 0 Å². The second-order valence-electron chi connectivity index (χ2n) is 3.32. The summed E-state index contributed by atoms with van der Waals surface area (Å²) in [6.07, 6.45) is 0. The molecule has 0 aliphatic rings. The minimum absolute atomic E-state index is 0. The molecule has 3 N–H and O–H groups in total. The predicted molar refractivity (Wildman–Crippen MR) is 44.1 cm³/mol. The third-order valence-electron chi connectivity index (χ3n) is 1.68. The molecule has 98 valence electrons. The van der Waals surface area contributed by atoms with Crippen LogP contribution in [-0.2, 0) is 0 Å². The molecule has 8 heteroatoms. The normalized spacial score (nSPS) is 11.9. The predicted octanol–water partition coefficient (Wildman–Crippen LogP) is -1.60. The van der Waals surface area contributed by atoms with E-state index in [4.69, 9.17) is 0 Å². The summed E-state index contributed by atoms with van der Waals surface area (Å²) in [4.78, 5) is 0. The van der Waals surface area contributed by atoms with E-state index >= 15 is 0 Å². The van der Waals surface area contributed by atoms with Crippen LogP contribution in [-0.4, -0.2) is 12.6 Å². The van der Waals surface area contributed by atoms with Crippen molar-refractivity contribution in [2.24, 2.45) is 0 Å². The molecule has 0 radical (unpaired) electrons. The van der Waals surface area contributed by atoms with E-state index in [2.05, 4.69) is 10.5 Å². The van der Waals surface area contributed by atoms with Crippen LogP contribution in [0.25, 0.3) is 0 Å². The fourth-order valence-corrected chi connectivity index (χ4v) is 0.937. The van der Waals surface area contributed by atoms with Crippen molar-refractivity contribution in [3.63, 3.8) is 0 Å². The maximum atomic E-state index is 13.0. The minimum atomic E-state index is -2.20. The molecule has 0 aliphatic carbocycles. The first kappa shape index (κ1) is 16.1. The zero-order valence-electron chi connectivity index (χ0n) is 8.67. The molecule has 0 saturated heterocycles. The number of rotatable bonds is 3. The fraction of sp³-hybridized carbons (Fsp3) is 0.333. The second kappa shape index (κ2) is 6.15. The SMILES string of the molecule is CC([NH3+])COc1c(F)c(F)c(F)c(F)c1F.[Br-]. The van der Waals surface area contributed by atoms with Gasteiger partial charge in [0.2, 0.25) is 29.1 Å². The van der Waals surface area contributed by atoms with E-state index in [0.717, 1.165) is 0 Å². The van der Waals surface area contributed by atoms with Crippen LogP contribution in [0.4, 0.5) is 22.0 Å². The van der Waals surface area contributed by atoms with Gasteiger partial charge in [0.25, 0.3) is 0 Å². The Hall–Kier alpha value is -0.890. The Kier molecular flexibility index (Phi) is 5.83. The molecule has 1 aromatic carbocycles. The summed E-state index contributed by atoms with van der Waals surface area (Å²) in [6.45, 7) is 1.31. The average molecular weight is 322 g/mol. The van der Waals surface area contributed by atoms with Gasteiger partial charge in [-0.3, -0.25) is 0 Å². The molecule has 0 fully saturated rings. The fourth-order valence-electron chi connectivity index (χ4n) is 0.937. The van der Waals surface area contributed by atoms with Crippen LogP contribution in [0.3, 0.4) is 0 Å². The molecule has 0 spiro atoms. The van der Waals surface area contributed by atoms with Gasteiger partial charge in [0.05, 0.1) is 0 Å². The Balaban J connectivity index is 0.00000256. The Morgan fingerprint density at radius 3 is 1.65 bits per heavy atom. The van der Waals surface area contributed by atoms with Crippen molar-refractivity contribution in [2.75, 3.05) is 6.61 Å². The number of hydrogen-bond donors (Lipinski definition) is 1. The van der Waals surface area contributed by atoms with Gasteiger partial charge >= 0.3 is 0 Å². The molecule has 0 amide bonds. The quantitative estimate of drug-likeness (QED) is 0.406. The summed E-state index contributed by atoms with van der Waals surface area (Å²) >= 11 is 0. The van der Waals surface area contributed by atoms with Crippen LogP contribution in [0, 0.1) is 29.1 Å². The van der Waals surface area contributed by atoms with Gasteiger partial charge in [0.15, 0.2) is 5.75 Å². The van der Waals surface area contributed by atoms with Gasteiger partial charge in [-0.05, 0) is 6.92 Å². The van der Waals surface area contributed by atoms with E-state index < -0.39 is 34.8 Å². The molecule has 1 atom stereocenters. The van der Waals surface area contributed by atoms with Gasteiger partial charge in [-0.2, -0.15) is 8.78 Å². The van der Waals surface area contributed by atoms with Crippen molar-refractivity contribution in [2.45, 2.75) is 13.0 Å². The molecule has 0 saturated carbocycles. The summed E-state index contributed by atoms with van der Waals surface area (Å²) in [6, 6.07) is -0.352. The maximum absolute atomic E-state index is 13.0. The minimum Gasteiger partial charge on any atom is -1.00 e. The molecule has 17 heavy (non-hydrogen) atoms. The highest BCUT2D eigenvalue weighted by Crippen LogP contribution is 2.28. The highest BCUT2D eigenvalue weighted by Gasteiger charge is 2.27. The summed E-state index contributed by atoms with van der Waals surface area (Å²) in [5, 5.41) is 0. The molecule has 2 nitrogen and oxygen atoms in total. The lowest BCUT2D eigenvalue weighted by molar-refractivity contribution is -0.417. The molecule has 0 bridgehead atoms. The number of quaternary nitrogens is 1. The van der Waals surface area contributed by atoms with Gasteiger partial charge in [-0.25, -0.2) is 13.2 Å². The van der Waals surface area contributed by atoms with Crippen LogP contribution in [0.5, 0.6) is 5.75 Å². The first-order valence-electron chi connectivity index (χ1n) is 4.33. The highest BCUT2D eigenvalue weighted by atomic mass is 79.9. The average Bonchev–Trinajstić information content (AvgIpc) is 2.23. The van der Waals surface area contributed by atoms with E-state index in [1.165, 1.54) is 0 Å².